The van der Waals surface area contributed by atoms with Crippen LogP contribution < -0.4 is 5.32 Å². The minimum atomic E-state index is -0.160. The molecule has 2 aromatic rings. The van der Waals surface area contributed by atoms with E-state index in [0.717, 1.165) is 22.2 Å². The second kappa shape index (κ2) is 5.36. The Hall–Kier alpha value is -0.940. The van der Waals surface area contributed by atoms with Crippen molar-refractivity contribution in [2.75, 3.05) is 5.32 Å². The van der Waals surface area contributed by atoms with Crippen LogP contribution in [-0.2, 0) is 4.79 Å². The van der Waals surface area contributed by atoms with Gasteiger partial charge in [0.15, 0.2) is 5.13 Å². The average Bonchev–Trinajstić information content (AvgIpc) is 2.70. The predicted molar refractivity (Wildman–Crippen MR) is 80.7 cm³/mol. The minimum Gasteiger partial charge on any atom is -0.301 e. The molecule has 1 aromatic carbocycles. The number of alkyl halides is 1. The summed E-state index contributed by atoms with van der Waals surface area (Å²) in [7, 11) is 0. The van der Waals surface area contributed by atoms with Crippen LogP contribution in [0.2, 0.25) is 0 Å². The maximum absolute atomic E-state index is 11.8. The minimum absolute atomic E-state index is 0.0362. The van der Waals surface area contributed by atoms with Gasteiger partial charge in [-0.3, -0.25) is 4.79 Å². The third-order valence-corrected chi connectivity index (χ3v) is 4.68. The van der Waals surface area contributed by atoms with Crippen molar-refractivity contribution < 1.29 is 4.79 Å². The van der Waals surface area contributed by atoms with Crippen molar-refractivity contribution in [3.8, 4) is 0 Å². The number of aryl methyl sites for hydroxylation is 2. The van der Waals surface area contributed by atoms with Gasteiger partial charge in [0.05, 0.1) is 15.0 Å². The third-order valence-electron chi connectivity index (χ3n) is 2.70. The fraction of sp³-hybridized carbons (Fsp3) is 0.385. The summed E-state index contributed by atoms with van der Waals surface area (Å²) in [5, 5.41) is 3.52. The van der Waals surface area contributed by atoms with Crippen LogP contribution in [0.1, 0.15) is 24.5 Å². The molecule has 3 nitrogen and oxygen atoms in total. The Bertz CT molecular complexity index is 594. The molecule has 18 heavy (non-hydrogen) atoms. The highest BCUT2D eigenvalue weighted by atomic mass is 79.9. The van der Waals surface area contributed by atoms with E-state index >= 15 is 0 Å². The number of rotatable bonds is 3. The van der Waals surface area contributed by atoms with Crippen LogP contribution in [-0.4, -0.2) is 15.7 Å². The van der Waals surface area contributed by atoms with Crippen LogP contribution in [0.25, 0.3) is 10.2 Å². The van der Waals surface area contributed by atoms with Gasteiger partial charge >= 0.3 is 0 Å². The number of thiazole rings is 1. The highest BCUT2D eigenvalue weighted by Crippen LogP contribution is 2.29. The lowest BCUT2D eigenvalue weighted by Crippen LogP contribution is -2.21. The number of aromatic nitrogens is 1. The van der Waals surface area contributed by atoms with Gasteiger partial charge in [-0.15, -0.1) is 0 Å². The van der Waals surface area contributed by atoms with Gasteiger partial charge in [-0.25, -0.2) is 4.98 Å². The van der Waals surface area contributed by atoms with Gasteiger partial charge in [-0.1, -0.05) is 40.3 Å². The lowest BCUT2D eigenvalue weighted by Gasteiger charge is -2.04. The first-order valence-electron chi connectivity index (χ1n) is 5.84. The molecular formula is C13H15BrN2OS. The zero-order valence-electron chi connectivity index (χ0n) is 10.6. The summed E-state index contributed by atoms with van der Waals surface area (Å²) in [4.78, 5) is 16.1. The number of carbonyl (C=O) groups is 1. The maximum atomic E-state index is 11.8. The molecule has 1 heterocycles. The summed E-state index contributed by atoms with van der Waals surface area (Å²) in [5.41, 5.74) is 3.34. The molecule has 0 fully saturated rings. The second-order valence-corrected chi connectivity index (χ2v) is 6.45. The fourth-order valence-corrected chi connectivity index (χ4v) is 2.95. The quantitative estimate of drug-likeness (QED) is 0.865. The standard InChI is InChI=1S/C13H15BrN2OS/c1-4-9(14)12(17)16-13-15-11-8(3)5-7(2)6-10(11)18-13/h5-6,9H,4H2,1-3H3,(H,15,16,17)/t9-/m1/s1. The SMILES string of the molecule is CC[C@@H](Br)C(=O)Nc1nc2c(C)cc(C)cc2s1. The molecule has 1 atom stereocenters. The largest absolute Gasteiger partial charge is 0.301 e. The van der Waals surface area contributed by atoms with E-state index in [9.17, 15) is 4.79 Å². The zero-order chi connectivity index (χ0) is 13.3. The van der Waals surface area contributed by atoms with Crippen molar-refractivity contribution in [2.24, 2.45) is 0 Å². The van der Waals surface area contributed by atoms with Gasteiger partial charge in [-0.05, 0) is 37.5 Å². The number of hydrogen-bond donors (Lipinski definition) is 1. The van der Waals surface area contributed by atoms with Gasteiger partial charge in [0.2, 0.25) is 5.91 Å². The molecule has 0 saturated heterocycles. The number of hydrogen-bond acceptors (Lipinski definition) is 3. The van der Waals surface area contributed by atoms with Crippen LogP contribution in [0.3, 0.4) is 0 Å². The Balaban J connectivity index is 2.31. The molecule has 0 spiro atoms. The van der Waals surface area contributed by atoms with Gasteiger partial charge < -0.3 is 5.32 Å². The molecule has 5 heteroatoms. The molecule has 1 amide bonds. The van der Waals surface area contributed by atoms with Crippen molar-refractivity contribution in [1.29, 1.82) is 0 Å². The maximum Gasteiger partial charge on any atom is 0.239 e. The Kier molecular flexibility index (Phi) is 4.02. The summed E-state index contributed by atoms with van der Waals surface area (Å²) >= 11 is 4.85. The van der Waals surface area contributed by atoms with Crippen LogP contribution in [0.4, 0.5) is 5.13 Å². The lowest BCUT2D eigenvalue weighted by molar-refractivity contribution is -0.115. The molecule has 2 rings (SSSR count). The van der Waals surface area contributed by atoms with Crippen molar-refractivity contribution in [2.45, 2.75) is 32.0 Å². The number of fused-ring (bicyclic) bond motifs is 1. The first-order chi connectivity index (χ1) is 8.51. The molecule has 0 saturated carbocycles. The summed E-state index contributed by atoms with van der Waals surface area (Å²) in [6, 6.07) is 4.20. The topological polar surface area (TPSA) is 42.0 Å². The van der Waals surface area contributed by atoms with E-state index in [1.807, 2.05) is 13.8 Å². The molecule has 0 aliphatic carbocycles. The summed E-state index contributed by atoms with van der Waals surface area (Å²) < 4.78 is 1.12. The second-order valence-electron chi connectivity index (χ2n) is 4.31. The van der Waals surface area contributed by atoms with Gasteiger partial charge in [0, 0.05) is 0 Å². The molecule has 0 aliphatic heterocycles. The normalized spacial score (nSPS) is 12.7. The number of benzene rings is 1. The number of carbonyl (C=O) groups excluding carboxylic acids is 1. The molecule has 1 aromatic heterocycles. The molecule has 96 valence electrons. The van der Waals surface area contributed by atoms with E-state index in [1.54, 1.807) is 0 Å². The number of nitrogens with one attached hydrogen (secondary N) is 1. The molecule has 0 aliphatic rings. The molecule has 0 unspecified atom stereocenters. The van der Waals surface area contributed by atoms with Crippen molar-refractivity contribution in [3.05, 3.63) is 23.3 Å². The number of halogens is 1. The van der Waals surface area contributed by atoms with E-state index in [4.69, 9.17) is 0 Å². The Morgan fingerprint density at radius 1 is 1.50 bits per heavy atom. The summed E-state index contributed by atoms with van der Waals surface area (Å²) in [5.74, 6) is -0.0362. The average molecular weight is 327 g/mol. The zero-order valence-corrected chi connectivity index (χ0v) is 13.0. The Morgan fingerprint density at radius 3 is 2.89 bits per heavy atom. The van der Waals surface area contributed by atoms with Gasteiger partial charge in [0.25, 0.3) is 0 Å². The van der Waals surface area contributed by atoms with Crippen molar-refractivity contribution >= 4 is 48.5 Å². The first kappa shape index (κ1) is 13.5. The molecule has 1 N–H and O–H groups in total. The van der Waals surface area contributed by atoms with Gasteiger partial charge in [-0.2, -0.15) is 0 Å². The third kappa shape index (κ3) is 2.72. The predicted octanol–water partition coefficient (Wildman–Crippen LogP) is 4.03. The van der Waals surface area contributed by atoms with Crippen LogP contribution in [0, 0.1) is 13.8 Å². The van der Waals surface area contributed by atoms with E-state index in [1.165, 1.54) is 16.9 Å². The Morgan fingerprint density at radius 2 is 2.22 bits per heavy atom. The highest BCUT2D eigenvalue weighted by molar-refractivity contribution is 9.10. The number of anilines is 1. The fourth-order valence-electron chi connectivity index (χ4n) is 1.79. The smallest absolute Gasteiger partial charge is 0.239 e. The van der Waals surface area contributed by atoms with Gasteiger partial charge in [0.1, 0.15) is 0 Å². The lowest BCUT2D eigenvalue weighted by atomic mass is 10.1. The summed E-state index contributed by atoms with van der Waals surface area (Å²) in [6.45, 7) is 6.07. The van der Waals surface area contributed by atoms with E-state index in [2.05, 4.69) is 45.3 Å². The van der Waals surface area contributed by atoms with Crippen LogP contribution >= 0.6 is 27.3 Å². The number of nitrogens with zero attached hydrogens (tertiary/aromatic N) is 1. The van der Waals surface area contributed by atoms with E-state index in [-0.39, 0.29) is 10.7 Å². The molecular weight excluding hydrogens is 312 g/mol. The Labute approximate surface area is 119 Å². The summed E-state index contributed by atoms with van der Waals surface area (Å²) in [6.07, 6.45) is 0.759. The van der Waals surface area contributed by atoms with Crippen LogP contribution in [0.5, 0.6) is 0 Å². The highest BCUT2D eigenvalue weighted by Gasteiger charge is 2.15. The molecule has 0 radical (unpaired) electrons. The van der Waals surface area contributed by atoms with E-state index < -0.39 is 0 Å². The monoisotopic (exact) mass is 326 g/mol. The first-order valence-corrected chi connectivity index (χ1v) is 7.57. The van der Waals surface area contributed by atoms with E-state index in [0.29, 0.717) is 5.13 Å². The van der Waals surface area contributed by atoms with Crippen molar-refractivity contribution in [3.63, 3.8) is 0 Å². The van der Waals surface area contributed by atoms with Crippen molar-refractivity contribution in [1.82, 2.24) is 4.98 Å². The van der Waals surface area contributed by atoms with Crippen LogP contribution in [0.15, 0.2) is 12.1 Å². The molecule has 0 bridgehead atoms. The number of amides is 1.